The van der Waals surface area contributed by atoms with E-state index in [1.165, 1.54) is 12.1 Å². The number of hydrogen-bond donors (Lipinski definition) is 0. The molecule has 0 N–H and O–H groups in total. The van der Waals surface area contributed by atoms with Gasteiger partial charge in [0.05, 0.1) is 5.56 Å². The molecule has 0 saturated carbocycles. The van der Waals surface area contributed by atoms with Crippen molar-refractivity contribution in [1.29, 1.82) is 0 Å². The first kappa shape index (κ1) is 14.9. The van der Waals surface area contributed by atoms with Crippen molar-refractivity contribution in [1.82, 2.24) is 0 Å². The largest absolute Gasteiger partial charge is 0.418 e. The second-order valence-electron chi connectivity index (χ2n) is 5.25. The summed E-state index contributed by atoms with van der Waals surface area (Å²) in [6.07, 6.45) is -1.03. The summed E-state index contributed by atoms with van der Waals surface area (Å²) in [5, 5.41) is 0. The molecule has 1 aromatic rings. The number of benzene rings is 1. The average molecular weight is 285 g/mol. The molecule has 0 aliphatic carbocycles. The number of anilines is 1. The molecule has 2 rings (SSSR count). The fourth-order valence-electron chi connectivity index (χ4n) is 2.75. The first-order valence-corrected chi connectivity index (χ1v) is 6.87. The predicted octanol–water partition coefficient (Wildman–Crippen LogP) is 4.14. The van der Waals surface area contributed by atoms with Crippen LogP contribution in [0.2, 0.25) is 0 Å². The number of rotatable bonds is 3. The number of nitrogens with zero attached hydrogens (tertiary/aromatic N) is 1. The molecule has 1 heterocycles. The zero-order valence-electron chi connectivity index (χ0n) is 11.4. The average Bonchev–Trinajstić information content (AvgIpc) is 2.45. The lowest BCUT2D eigenvalue weighted by Crippen LogP contribution is -2.36. The summed E-state index contributed by atoms with van der Waals surface area (Å²) in [5.41, 5.74) is -0.453. The molecule has 0 aromatic heterocycles. The summed E-state index contributed by atoms with van der Waals surface area (Å²) in [7, 11) is 0. The minimum Gasteiger partial charge on any atom is -0.371 e. The first-order chi connectivity index (χ1) is 9.45. The summed E-state index contributed by atoms with van der Waals surface area (Å²) in [6, 6.07) is 3.82. The van der Waals surface area contributed by atoms with Gasteiger partial charge in [-0.25, -0.2) is 0 Å². The molecule has 20 heavy (non-hydrogen) atoms. The molecule has 0 amide bonds. The van der Waals surface area contributed by atoms with Crippen molar-refractivity contribution in [2.24, 2.45) is 5.92 Å². The maximum absolute atomic E-state index is 13.2. The van der Waals surface area contributed by atoms with E-state index in [0.29, 0.717) is 25.3 Å². The first-order valence-electron chi connectivity index (χ1n) is 6.87. The van der Waals surface area contributed by atoms with Crippen LogP contribution >= 0.6 is 0 Å². The molecule has 0 radical (unpaired) electrons. The number of halogens is 3. The summed E-state index contributed by atoms with van der Waals surface area (Å²) in [5.74, 6) is 0.440. The Kier molecular flexibility index (Phi) is 4.35. The zero-order chi connectivity index (χ0) is 14.8. The molecule has 1 fully saturated rings. The minimum atomic E-state index is -4.44. The number of hydrogen-bond acceptors (Lipinski definition) is 2. The van der Waals surface area contributed by atoms with E-state index in [1.54, 1.807) is 4.90 Å². The fourth-order valence-corrected chi connectivity index (χ4v) is 2.75. The Morgan fingerprint density at radius 1 is 1.40 bits per heavy atom. The van der Waals surface area contributed by atoms with E-state index in [9.17, 15) is 18.0 Å². The van der Waals surface area contributed by atoms with E-state index < -0.39 is 11.7 Å². The van der Waals surface area contributed by atoms with E-state index in [-0.39, 0.29) is 11.3 Å². The van der Waals surface area contributed by atoms with Gasteiger partial charge in [0.15, 0.2) is 0 Å². The number of carbonyl (C=O) groups excluding carboxylic acids is 1. The van der Waals surface area contributed by atoms with Crippen LogP contribution < -0.4 is 4.90 Å². The summed E-state index contributed by atoms with van der Waals surface area (Å²) >= 11 is 0. The number of carbonyl (C=O) groups is 1. The normalized spacial score (nSPS) is 20.0. The molecular formula is C15H18F3NO. The number of alkyl halides is 3. The van der Waals surface area contributed by atoms with Crippen LogP contribution in [0, 0.1) is 5.92 Å². The zero-order valence-corrected chi connectivity index (χ0v) is 11.4. The van der Waals surface area contributed by atoms with Gasteiger partial charge in [0.1, 0.15) is 6.29 Å². The molecule has 2 nitrogen and oxygen atoms in total. The predicted molar refractivity (Wildman–Crippen MR) is 72.1 cm³/mol. The van der Waals surface area contributed by atoms with Gasteiger partial charge in [0.25, 0.3) is 0 Å². The lowest BCUT2D eigenvalue weighted by atomic mass is 9.94. The Balaban J connectivity index is 2.37. The standard InChI is InChI=1S/C15H18F3NO/c1-2-11-4-3-7-19(9-11)14-6-5-12(10-20)8-13(14)15(16,17)18/h5-6,8,10-11H,2-4,7,9H2,1H3. The van der Waals surface area contributed by atoms with Crippen LogP contribution in [0.5, 0.6) is 0 Å². The van der Waals surface area contributed by atoms with Crippen LogP contribution in [0.25, 0.3) is 0 Å². The maximum atomic E-state index is 13.2. The van der Waals surface area contributed by atoms with Gasteiger partial charge in [-0.1, -0.05) is 13.3 Å². The highest BCUT2D eigenvalue weighted by Crippen LogP contribution is 2.38. The van der Waals surface area contributed by atoms with Crippen molar-refractivity contribution in [3.05, 3.63) is 29.3 Å². The van der Waals surface area contributed by atoms with E-state index in [2.05, 4.69) is 6.92 Å². The van der Waals surface area contributed by atoms with Crippen LogP contribution in [0.4, 0.5) is 18.9 Å². The number of aldehydes is 1. The monoisotopic (exact) mass is 285 g/mol. The van der Waals surface area contributed by atoms with Gasteiger partial charge in [-0.3, -0.25) is 4.79 Å². The van der Waals surface area contributed by atoms with Gasteiger partial charge < -0.3 is 4.90 Å². The van der Waals surface area contributed by atoms with Crippen LogP contribution in [-0.2, 0) is 6.18 Å². The van der Waals surface area contributed by atoms with Gasteiger partial charge in [-0.2, -0.15) is 13.2 Å². The van der Waals surface area contributed by atoms with Gasteiger partial charge >= 0.3 is 6.18 Å². The van der Waals surface area contributed by atoms with Crippen molar-refractivity contribution in [3.63, 3.8) is 0 Å². The van der Waals surface area contributed by atoms with Crippen LogP contribution in [0.1, 0.15) is 42.1 Å². The quantitative estimate of drug-likeness (QED) is 0.778. The van der Waals surface area contributed by atoms with Gasteiger partial charge in [-0.05, 0) is 37.0 Å². The Hall–Kier alpha value is -1.52. The fraction of sp³-hybridized carbons (Fsp3) is 0.533. The van der Waals surface area contributed by atoms with E-state index in [0.717, 1.165) is 25.3 Å². The molecule has 1 atom stereocenters. The van der Waals surface area contributed by atoms with Crippen molar-refractivity contribution in [3.8, 4) is 0 Å². The Morgan fingerprint density at radius 3 is 2.75 bits per heavy atom. The van der Waals surface area contributed by atoms with E-state index in [1.807, 2.05) is 0 Å². The molecular weight excluding hydrogens is 267 g/mol. The molecule has 1 aliphatic rings. The Labute approximate surface area is 116 Å². The smallest absolute Gasteiger partial charge is 0.371 e. The van der Waals surface area contributed by atoms with Crippen molar-refractivity contribution in [2.45, 2.75) is 32.4 Å². The van der Waals surface area contributed by atoms with Crippen LogP contribution in [0.3, 0.4) is 0 Å². The maximum Gasteiger partial charge on any atom is 0.418 e. The van der Waals surface area contributed by atoms with E-state index in [4.69, 9.17) is 0 Å². The third kappa shape index (κ3) is 3.14. The third-order valence-corrected chi connectivity index (χ3v) is 3.90. The summed E-state index contributed by atoms with van der Waals surface area (Å²) < 4.78 is 39.5. The Bertz CT molecular complexity index is 484. The highest BCUT2D eigenvalue weighted by Gasteiger charge is 2.36. The van der Waals surface area contributed by atoms with E-state index >= 15 is 0 Å². The highest BCUT2D eigenvalue weighted by molar-refractivity contribution is 5.77. The third-order valence-electron chi connectivity index (χ3n) is 3.90. The van der Waals surface area contributed by atoms with Gasteiger partial charge in [0, 0.05) is 24.3 Å². The molecule has 0 bridgehead atoms. The van der Waals surface area contributed by atoms with Crippen LogP contribution in [0.15, 0.2) is 18.2 Å². The second-order valence-corrected chi connectivity index (χ2v) is 5.25. The van der Waals surface area contributed by atoms with Gasteiger partial charge in [0.2, 0.25) is 0 Å². The van der Waals surface area contributed by atoms with Crippen molar-refractivity contribution >= 4 is 12.0 Å². The molecule has 1 saturated heterocycles. The summed E-state index contributed by atoms with van der Waals surface area (Å²) in [6.45, 7) is 3.36. The highest BCUT2D eigenvalue weighted by atomic mass is 19.4. The molecule has 1 aromatic carbocycles. The van der Waals surface area contributed by atoms with Crippen LogP contribution in [-0.4, -0.2) is 19.4 Å². The second kappa shape index (κ2) is 5.85. The lowest BCUT2D eigenvalue weighted by molar-refractivity contribution is -0.137. The molecule has 1 aliphatic heterocycles. The molecule has 0 spiro atoms. The molecule has 110 valence electrons. The molecule has 1 unspecified atom stereocenters. The molecule has 5 heteroatoms. The van der Waals surface area contributed by atoms with Gasteiger partial charge in [-0.15, -0.1) is 0 Å². The van der Waals surface area contributed by atoms with Crippen molar-refractivity contribution in [2.75, 3.05) is 18.0 Å². The topological polar surface area (TPSA) is 20.3 Å². The van der Waals surface area contributed by atoms with Crippen molar-refractivity contribution < 1.29 is 18.0 Å². The SMILES string of the molecule is CCC1CCCN(c2ccc(C=O)cc2C(F)(F)F)C1. The minimum absolute atomic E-state index is 0.0603. The number of piperidine rings is 1. The lowest BCUT2D eigenvalue weighted by Gasteiger charge is -2.35. The summed E-state index contributed by atoms with van der Waals surface area (Å²) in [4.78, 5) is 12.5. The Morgan fingerprint density at radius 2 is 2.15 bits per heavy atom.